The summed E-state index contributed by atoms with van der Waals surface area (Å²) in [5.74, 6) is 0.811. The Morgan fingerprint density at radius 3 is 2.51 bits per heavy atom. The van der Waals surface area contributed by atoms with E-state index in [0.717, 1.165) is 41.1 Å². The maximum Gasteiger partial charge on any atom is 0.409 e. The summed E-state index contributed by atoms with van der Waals surface area (Å²) < 4.78 is 11.9. The third-order valence-corrected chi connectivity index (χ3v) is 7.60. The number of rotatable bonds is 5. The molecule has 2 amide bonds. The highest BCUT2D eigenvalue weighted by Crippen LogP contribution is 2.42. The topological polar surface area (TPSA) is 80.8 Å². The largest absolute Gasteiger partial charge is 0.487 e. The van der Waals surface area contributed by atoms with Crippen LogP contribution in [-0.2, 0) is 17.7 Å². The van der Waals surface area contributed by atoms with Crippen LogP contribution in [-0.4, -0.2) is 47.2 Å². The Morgan fingerprint density at radius 2 is 1.84 bits per heavy atom. The Balaban J connectivity index is 1.18. The maximum absolute atomic E-state index is 12.5. The van der Waals surface area contributed by atoms with Gasteiger partial charge >= 0.3 is 6.09 Å². The standard InChI is InChI=1S/C29H33N3O4S/c1-28(2,3)19-35-27(34)32-13-10-29(11-14-32)17-23-16-22(8-9-24(23)36-29)20-4-6-21(7-5-20)26(33)31-18-25-30-12-15-37-25/h4-9,12,15-16H,10-11,13-14,17-19H2,1-3H3,(H,31,33). The molecule has 37 heavy (non-hydrogen) atoms. The molecule has 0 aliphatic carbocycles. The molecule has 2 aliphatic heterocycles. The summed E-state index contributed by atoms with van der Waals surface area (Å²) in [5.41, 5.74) is 3.65. The number of nitrogens with zero attached hydrogens (tertiary/aromatic N) is 2. The molecule has 1 fully saturated rings. The number of nitrogens with one attached hydrogen (secondary N) is 1. The van der Waals surface area contributed by atoms with E-state index in [0.29, 0.717) is 31.8 Å². The minimum Gasteiger partial charge on any atom is -0.487 e. The third kappa shape index (κ3) is 5.96. The number of hydrogen-bond acceptors (Lipinski definition) is 6. The van der Waals surface area contributed by atoms with E-state index in [1.54, 1.807) is 11.1 Å². The highest BCUT2D eigenvalue weighted by molar-refractivity contribution is 7.09. The second-order valence-electron chi connectivity index (χ2n) is 11.1. The van der Waals surface area contributed by atoms with E-state index >= 15 is 0 Å². The molecule has 0 radical (unpaired) electrons. The van der Waals surface area contributed by atoms with Crippen LogP contribution in [0.2, 0.25) is 0 Å². The van der Waals surface area contributed by atoms with Crippen LogP contribution in [0, 0.1) is 5.41 Å². The van der Waals surface area contributed by atoms with Crippen molar-refractivity contribution in [3.05, 3.63) is 70.2 Å². The van der Waals surface area contributed by atoms with Crippen molar-refractivity contribution in [2.45, 2.75) is 52.2 Å². The van der Waals surface area contributed by atoms with Gasteiger partial charge in [-0.05, 0) is 46.4 Å². The SMILES string of the molecule is CC(C)(C)COC(=O)N1CCC2(CC1)Cc1cc(-c3ccc(C(=O)NCc4nccs4)cc3)ccc1O2. The fourth-order valence-electron chi connectivity index (χ4n) is 4.77. The fourth-order valence-corrected chi connectivity index (χ4v) is 5.33. The molecule has 2 aliphatic rings. The Morgan fingerprint density at radius 1 is 1.11 bits per heavy atom. The summed E-state index contributed by atoms with van der Waals surface area (Å²) in [5, 5.41) is 5.69. The van der Waals surface area contributed by atoms with Gasteiger partial charge in [0.05, 0.1) is 13.2 Å². The molecule has 0 atom stereocenters. The van der Waals surface area contributed by atoms with Crippen LogP contribution < -0.4 is 10.1 Å². The first-order valence-corrected chi connectivity index (χ1v) is 13.6. The number of piperidine rings is 1. The van der Waals surface area contributed by atoms with Gasteiger partial charge in [-0.3, -0.25) is 4.79 Å². The third-order valence-electron chi connectivity index (χ3n) is 6.83. The summed E-state index contributed by atoms with van der Waals surface area (Å²) in [6.07, 6.45) is 3.90. The fraction of sp³-hybridized carbons (Fsp3) is 0.414. The molecule has 194 valence electrons. The second-order valence-corrected chi connectivity index (χ2v) is 12.1. The number of ether oxygens (including phenoxy) is 2. The van der Waals surface area contributed by atoms with Crippen molar-refractivity contribution in [2.24, 2.45) is 5.41 Å². The van der Waals surface area contributed by atoms with Crippen molar-refractivity contribution < 1.29 is 19.1 Å². The highest BCUT2D eigenvalue weighted by Gasteiger charge is 2.43. The first kappa shape index (κ1) is 25.3. The van der Waals surface area contributed by atoms with Crippen LogP contribution in [0.5, 0.6) is 5.75 Å². The molecule has 5 rings (SSSR count). The van der Waals surface area contributed by atoms with E-state index < -0.39 is 0 Å². The molecular formula is C29H33N3O4S. The lowest BCUT2D eigenvalue weighted by Gasteiger charge is -2.38. The molecule has 1 N–H and O–H groups in total. The van der Waals surface area contributed by atoms with Crippen molar-refractivity contribution in [1.82, 2.24) is 15.2 Å². The summed E-state index contributed by atoms with van der Waals surface area (Å²) in [4.78, 5) is 30.9. The Kier molecular flexibility index (Phi) is 6.94. The molecule has 1 saturated heterocycles. The van der Waals surface area contributed by atoms with Crippen LogP contribution in [0.4, 0.5) is 4.79 Å². The van der Waals surface area contributed by atoms with Gasteiger partial charge in [0.1, 0.15) is 16.4 Å². The van der Waals surface area contributed by atoms with E-state index in [2.05, 4.69) is 43.2 Å². The van der Waals surface area contributed by atoms with Crippen molar-refractivity contribution in [1.29, 1.82) is 0 Å². The average Bonchev–Trinajstić information content (AvgIpc) is 3.53. The number of thiazole rings is 1. The van der Waals surface area contributed by atoms with E-state index in [4.69, 9.17) is 9.47 Å². The maximum atomic E-state index is 12.5. The Bertz CT molecular complexity index is 1260. The number of amides is 2. The molecule has 3 heterocycles. The monoisotopic (exact) mass is 519 g/mol. The van der Waals surface area contributed by atoms with Gasteiger partial charge in [-0.1, -0.05) is 39.0 Å². The molecule has 3 aromatic rings. The molecule has 0 saturated carbocycles. The number of fused-ring (bicyclic) bond motifs is 1. The van der Waals surface area contributed by atoms with Gasteiger partial charge in [0.15, 0.2) is 0 Å². The molecule has 1 aromatic heterocycles. The van der Waals surface area contributed by atoms with Gasteiger partial charge in [0.2, 0.25) is 0 Å². The summed E-state index contributed by atoms with van der Waals surface area (Å²) >= 11 is 1.52. The van der Waals surface area contributed by atoms with Gasteiger partial charge in [-0.2, -0.15) is 0 Å². The van der Waals surface area contributed by atoms with Crippen molar-refractivity contribution in [3.63, 3.8) is 0 Å². The van der Waals surface area contributed by atoms with Gasteiger partial charge in [0.25, 0.3) is 5.91 Å². The van der Waals surface area contributed by atoms with Crippen LogP contribution >= 0.6 is 11.3 Å². The quantitative estimate of drug-likeness (QED) is 0.468. The normalized spacial score (nSPS) is 16.2. The van der Waals surface area contributed by atoms with Crippen molar-refractivity contribution >= 4 is 23.3 Å². The molecule has 8 heteroatoms. The van der Waals surface area contributed by atoms with Crippen LogP contribution in [0.15, 0.2) is 54.0 Å². The molecule has 2 aromatic carbocycles. The minimum absolute atomic E-state index is 0.0464. The van der Waals surface area contributed by atoms with Crippen LogP contribution in [0.25, 0.3) is 11.1 Å². The second kappa shape index (κ2) is 10.2. The molecule has 1 spiro atoms. The minimum atomic E-state index is -0.263. The lowest BCUT2D eigenvalue weighted by Crippen LogP contribution is -2.49. The number of carbonyl (C=O) groups is 2. The first-order chi connectivity index (χ1) is 17.7. The number of aromatic nitrogens is 1. The molecular weight excluding hydrogens is 486 g/mol. The van der Waals surface area contributed by atoms with E-state index in [9.17, 15) is 9.59 Å². The van der Waals surface area contributed by atoms with Crippen LogP contribution in [0.1, 0.15) is 54.5 Å². The molecule has 0 unspecified atom stereocenters. The first-order valence-electron chi connectivity index (χ1n) is 12.7. The predicted octanol–water partition coefficient (Wildman–Crippen LogP) is 5.69. The summed E-state index contributed by atoms with van der Waals surface area (Å²) in [7, 11) is 0. The Labute approximate surface area is 221 Å². The van der Waals surface area contributed by atoms with Crippen molar-refractivity contribution in [2.75, 3.05) is 19.7 Å². The van der Waals surface area contributed by atoms with Gasteiger partial charge in [-0.15, -0.1) is 11.3 Å². The smallest absolute Gasteiger partial charge is 0.409 e. The number of carbonyl (C=O) groups excluding carboxylic acids is 2. The lowest BCUT2D eigenvalue weighted by molar-refractivity contribution is 0.00956. The number of benzene rings is 2. The number of likely N-dealkylation sites (tertiary alicyclic amines) is 1. The summed E-state index contributed by atoms with van der Waals surface area (Å²) in [6, 6.07) is 14.0. The summed E-state index contributed by atoms with van der Waals surface area (Å²) in [6.45, 7) is 8.28. The van der Waals surface area contributed by atoms with Crippen molar-refractivity contribution in [3.8, 4) is 16.9 Å². The zero-order valence-corrected chi connectivity index (χ0v) is 22.4. The highest BCUT2D eigenvalue weighted by atomic mass is 32.1. The zero-order chi connectivity index (χ0) is 26.0. The van der Waals surface area contributed by atoms with Gasteiger partial charge in [0, 0.05) is 49.5 Å². The lowest BCUT2D eigenvalue weighted by atomic mass is 9.86. The average molecular weight is 520 g/mol. The zero-order valence-electron chi connectivity index (χ0n) is 21.6. The number of hydrogen-bond donors (Lipinski definition) is 1. The van der Waals surface area contributed by atoms with E-state index in [1.807, 2.05) is 35.7 Å². The molecule has 7 nitrogen and oxygen atoms in total. The van der Waals surface area contributed by atoms with Crippen LogP contribution in [0.3, 0.4) is 0 Å². The van der Waals surface area contributed by atoms with E-state index in [1.165, 1.54) is 16.9 Å². The van der Waals surface area contributed by atoms with Gasteiger partial charge < -0.3 is 19.7 Å². The van der Waals surface area contributed by atoms with Gasteiger partial charge in [-0.25, -0.2) is 9.78 Å². The van der Waals surface area contributed by atoms with E-state index in [-0.39, 0.29) is 23.0 Å². The Hall–Kier alpha value is -3.39. The predicted molar refractivity (Wildman–Crippen MR) is 144 cm³/mol. The molecule has 0 bridgehead atoms.